The van der Waals surface area contributed by atoms with E-state index >= 15 is 0 Å². The summed E-state index contributed by atoms with van der Waals surface area (Å²) < 4.78 is 38.4. The van der Waals surface area contributed by atoms with Crippen molar-refractivity contribution >= 4 is 15.7 Å². The zero-order valence-electron chi connectivity index (χ0n) is 16.1. The molecule has 148 valence electrons. The van der Waals surface area contributed by atoms with E-state index in [0.717, 1.165) is 5.56 Å². The molecule has 0 saturated carbocycles. The first-order valence-electron chi connectivity index (χ1n) is 8.79. The van der Waals surface area contributed by atoms with Gasteiger partial charge in [0.1, 0.15) is 5.69 Å². The number of hydrogen-bond donors (Lipinski definition) is 1. The van der Waals surface area contributed by atoms with Crippen LogP contribution in [0.3, 0.4) is 0 Å². The summed E-state index contributed by atoms with van der Waals surface area (Å²) in [6.07, 6.45) is 0. The van der Waals surface area contributed by atoms with Crippen LogP contribution in [0.25, 0.3) is 11.3 Å². The first-order valence-corrected chi connectivity index (χ1v) is 10.3. The van der Waals surface area contributed by atoms with Crippen molar-refractivity contribution in [3.05, 3.63) is 47.9 Å². The van der Waals surface area contributed by atoms with Gasteiger partial charge in [0.2, 0.25) is 5.88 Å². The first kappa shape index (κ1) is 19.8. The Morgan fingerprint density at radius 3 is 2.54 bits per heavy atom. The highest BCUT2D eigenvalue weighted by Crippen LogP contribution is 2.25. The Morgan fingerprint density at radius 2 is 1.93 bits per heavy atom. The molecule has 9 heteroatoms. The lowest BCUT2D eigenvalue weighted by Gasteiger charge is -2.10. The molecule has 3 rings (SSSR count). The van der Waals surface area contributed by atoms with Gasteiger partial charge >= 0.3 is 0 Å². The zero-order chi connectivity index (χ0) is 20.3. The lowest BCUT2D eigenvalue weighted by Crippen LogP contribution is -2.14. The molecule has 3 aromatic rings. The summed E-state index contributed by atoms with van der Waals surface area (Å²) in [6.45, 7) is 7.81. The Hall–Kier alpha value is -2.94. The molecule has 28 heavy (non-hydrogen) atoms. The van der Waals surface area contributed by atoms with Gasteiger partial charge < -0.3 is 9.26 Å². The number of aryl methyl sites for hydroxylation is 2. The quantitative estimate of drug-likeness (QED) is 0.643. The second-order valence-electron chi connectivity index (χ2n) is 6.80. The number of aromatic nitrogens is 3. The van der Waals surface area contributed by atoms with Gasteiger partial charge in [-0.15, -0.1) is 10.2 Å². The van der Waals surface area contributed by atoms with Crippen molar-refractivity contribution in [2.45, 2.75) is 32.6 Å². The average molecular weight is 402 g/mol. The largest absolute Gasteiger partial charge is 0.476 e. The molecule has 2 heterocycles. The third-order valence-electron chi connectivity index (χ3n) is 3.85. The van der Waals surface area contributed by atoms with Gasteiger partial charge in [-0.25, -0.2) is 8.42 Å². The molecule has 0 spiro atoms. The van der Waals surface area contributed by atoms with Gasteiger partial charge in [0.05, 0.1) is 12.3 Å². The van der Waals surface area contributed by atoms with E-state index in [1.54, 1.807) is 44.2 Å². The fourth-order valence-electron chi connectivity index (χ4n) is 2.61. The first-order chi connectivity index (χ1) is 13.3. The van der Waals surface area contributed by atoms with Crippen LogP contribution < -0.4 is 9.46 Å². The molecule has 0 unspecified atom stereocenters. The third-order valence-corrected chi connectivity index (χ3v) is 5.48. The number of sulfonamides is 1. The van der Waals surface area contributed by atoms with E-state index in [1.807, 2.05) is 6.07 Å². The monoisotopic (exact) mass is 402 g/mol. The number of ether oxygens (including phenoxy) is 1. The summed E-state index contributed by atoms with van der Waals surface area (Å²) in [4.78, 5) is 0.0457. The molecule has 0 aliphatic heterocycles. The van der Waals surface area contributed by atoms with Crippen LogP contribution in [0.2, 0.25) is 0 Å². The van der Waals surface area contributed by atoms with E-state index < -0.39 is 10.0 Å². The smallest absolute Gasteiger partial charge is 0.267 e. The topological polar surface area (TPSA) is 107 Å². The predicted octanol–water partition coefficient (Wildman–Crippen LogP) is 3.58. The van der Waals surface area contributed by atoms with Gasteiger partial charge in [-0.3, -0.25) is 4.72 Å². The minimum Gasteiger partial charge on any atom is -0.476 e. The average Bonchev–Trinajstić information content (AvgIpc) is 2.99. The molecule has 1 aromatic carbocycles. The van der Waals surface area contributed by atoms with Crippen LogP contribution in [-0.2, 0) is 10.0 Å². The van der Waals surface area contributed by atoms with Gasteiger partial charge in [-0.1, -0.05) is 31.1 Å². The number of rotatable bonds is 7. The maximum absolute atomic E-state index is 12.7. The molecule has 0 atom stereocenters. The Bertz CT molecular complexity index is 1040. The highest BCUT2D eigenvalue weighted by molar-refractivity contribution is 7.92. The minimum atomic E-state index is -3.81. The van der Waals surface area contributed by atoms with E-state index in [-0.39, 0.29) is 10.7 Å². The van der Waals surface area contributed by atoms with Crippen LogP contribution in [0.5, 0.6) is 5.88 Å². The summed E-state index contributed by atoms with van der Waals surface area (Å²) in [7, 11) is -3.81. The van der Waals surface area contributed by atoms with E-state index in [9.17, 15) is 8.42 Å². The number of benzene rings is 1. The lowest BCUT2D eigenvalue weighted by molar-refractivity contribution is 0.258. The number of nitrogens with one attached hydrogen (secondary N) is 1. The van der Waals surface area contributed by atoms with Gasteiger partial charge in [-0.05, 0) is 38.0 Å². The van der Waals surface area contributed by atoms with E-state index in [2.05, 4.69) is 33.9 Å². The van der Waals surface area contributed by atoms with Gasteiger partial charge in [0.25, 0.3) is 10.0 Å². The summed E-state index contributed by atoms with van der Waals surface area (Å²) in [6, 6.07) is 10.4. The fraction of sp³-hybridized carbons (Fsp3) is 0.316. The summed E-state index contributed by atoms with van der Waals surface area (Å²) >= 11 is 0. The van der Waals surface area contributed by atoms with Crippen LogP contribution in [0, 0.1) is 19.8 Å². The van der Waals surface area contributed by atoms with Crippen LogP contribution in [-0.4, -0.2) is 30.4 Å². The van der Waals surface area contributed by atoms with Crippen LogP contribution in [0.4, 0.5) is 5.69 Å². The normalized spacial score (nSPS) is 11.6. The molecule has 0 aliphatic rings. The number of nitrogens with zero attached hydrogens (tertiary/aromatic N) is 3. The standard InChI is InChI=1S/C19H22N4O4S/c1-12(2)11-26-18-9-8-17(20-21-18)15-6-5-7-16(10-15)23-28(24,25)19-13(3)22-27-14(19)4/h5-10,12,23H,11H2,1-4H3. The Balaban J connectivity index is 1.81. The molecule has 1 N–H and O–H groups in total. The molecular formula is C19H22N4O4S. The number of anilines is 1. The van der Waals surface area contributed by atoms with Gasteiger partial charge in [0.15, 0.2) is 10.7 Å². The van der Waals surface area contributed by atoms with Crippen molar-refractivity contribution in [1.29, 1.82) is 0 Å². The van der Waals surface area contributed by atoms with E-state index in [4.69, 9.17) is 9.26 Å². The van der Waals surface area contributed by atoms with Crippen LogP contribution in [0.1, 0.15) is 25.3 Å². The summed E-state index contributed by atoms with van der Waals surface area (Å²) in [5, 5.41) is 11.9. The minimum absolute atomic E-state index is 0.0457. The Morgan fingerprint density at radius 1 is 1.14 bits per heavy atom. The van der Waals surface area contributed by atoms with E-state index in [1.165, 1.54) is 0 Å². The molecule has 8 nitrogen and oxygen atoms in total. The van der Waals surface area contributed by atoms with Crippen LogP contribution >= 0.6 is 0 Å². The molecule has 0 saturated heterocycles. The molecule has 0 radical (unpaired) electrons. The van der Waals surface area contributed by atoms with E-state index in [0.29, 0.717) is 35.5 Å². The fourth-order valence-corrected chi connectivity index (χ4v) is 3.99. The van der Waals surface area contributed by atoms with Crippen molar-refractivity contribution in [2.24, 2.45) is 5.92 Å². The molecule has 0 amide bonds. The number of hydrogen-bond acceptors (Lipinski definition) is 7. The molecule has 0 bridgehead atoms. The molecule has 0 fully saturated rings. The van der Waals surface area contributed by atoms with Crippen molar-refractivity contribution < 1.29 is 17.7 Å². The van der Waals surface area contributed by atoms with Crippen molar-refractivity contribution in [3.63, 3.8) is 0 Å². The third kappa shape index (κ3) is 4.48. The maximum atomic E-state index is 12.7. The Kier molecular flexibility index (Phi) is 5.64. The molecule has 2 aromatic heterocycles. The Labute approximate surface area is 164 Å². The highest BCUT2D eigenvalue weighted by Gasteiger charge is 2.24. The zero-order valence-corrected chi connectivity index (χ0v) is 16.9. The SMILES string of the molecule is Cc1noc(C)c1S(=O)(=O)Nc1cccc(-c2ccc(OCC(C)C)nn2)c1. The predicted molar refractivity (Wildman–Crippen MR) is 105 cm³/mol. The summed E-state index contributed by atoms with van der Waals surface area (Å²) in [5.74, 6) is 1.08. The van der Waals surface area contributed by atoms with Crippen molar-refractivity contribution in [1.82, 2.24) is 15.4 Å². The van der Waals surface area contributed by atoms with Crippen molar-refractivity contribution in [2.75, 3.05) is 11.3 Å². The van der Waals surface area contributed by atoms with Gasteiger partial charge in [0, 0.05) is 17.3 Å². The van der Waals surface area contributed by atoms with Crippen LogP contribution in [0.15, 0.2) is 45.8 Å². The second kappa shape index (κ2) is 7.97. The molecular weight excluding hydrogens is 380 g/mol. The summed E-state index contributed by atoms with van der Waals surface area (Å²) in [5.41, 5.74) is 2.04. The lowest BCUT2D eigenvalue weighted by atomic mass is 10.1. The highest BCUT2D eigenvalue weighted by atomic mass is 32.2. The van der Waals surface area contributed by atoms with Gasteiger partial charge in [-0.2, -0.15) is 0 Å². The van der Waals surface area contributed by atoms with Crippen molar-refractivity contribution in [3.8, 4) is 17.1 Å². The molecule has 0 aliphatic carbocycles. The second-order valence-corrected chi connectivity index (χ2v) is 8.42. The maximum Gasteiger partial charge on any atom is 0.267 e.